The fourth-order valence-corrected chi connectivity index (χ4v) is 2.77. The van der Waals surface area contributed by atoms with Crippen LogP contribution in [0.25, 0.3) is 10.8 Å². The summed E-state index contributed by atoms with van der Waals surface area (Å²) < 4.78 is 5.32. The van der Waals surface area contributed by atoms with Gasteiger partial charge in [-0.05, 0) is 24.3 Å². The monoisotopic (exact) mass is 356 g/mol. The average Bonchev–Trinajstić information content (AvgIpc) is 2.61. The molecule has 0 radical (unpaired) electrons. The van der Waals surface area contributed by atoms with E-state index in [4.69, 9.17) is 16.3 Å². The number of benzene rings is 3. The maximum atomic E-state index is 12.6. The van der Waals surface area contributed by atoms with Gasteiger partial charge in [0.1, 0.15) is 11.3 Å². The van der Waals surface area contributed by atoms with Gasteiger partial charge in [-0.1, -0.05) is 35.9 Å². The molecule has 0 spiro atoms. The number of ether oxygens (including phenoxy) is 1. The van der Waals surface area contributed by atoms with Gasteiger partial charge in [-0.15, -0.1) is 0 Å². The summed E-state index contributed by atoms with van der Waals surface area (Å²) in [6, 6.07) is 14.7. The summed E-state index contributed by atoms with van der Waals surface area (Å²) in [7, 11) is 1.56. The second kappa shape index (κ2) is 6.78. The summed E-state index contributed by atoms with van der Waals surface area (Å²) in [6.45, 7) is 0. The Labute approximate surface area is 148 Å². The van der Waals surface area contributed by atoms with Crippen LogP contribution in [0.15, 0.2) is 54.6 Å². The molecule has 3 aromatic carbocycles. The molecule has 0 aliphatic carbocycles. The first-order chi connectivity index (χ1) is 12.0. The Balaban J connectivity index is 2.04. The molecule has 0 saturated heterocycles. The van der Waals surface area contributed by atoms with Crippen LogP contribution in [0.3, 0.4) is 0 Å². The third-order valence-corrected chi connectivity index (χ3v) is 3.99. The number of nitro groups is 1. The Morgan fingerprint density at radius 1 is 1.12 bits per heavy atom. The molecule has 0 atom stereocenters. The zero-order valence-electron chi connectivity index (χ0n) is 13.2. The summed E-state index contributed by atoms with van der Waals surface area (Å²) in [5, 5.41) is 15.7. The molecule has 25 heavy (non-hydrogen) atoms. The van der Waals surface area contributed by atoms with Crippen LogP contribution in [0.4, 0.5) is 11.4 Å². The predicted octanol–water partition coefficient (Wildman–Crippen LogP) is 4.66. The Morgan fingerprint density at radius 2 is 1.84 bits per heavy atom. The van der Waals surface area contributed by atoms with Gasteiger partial charge in [0.2, 0.25) is 0 Å². The van der Waals surface area contributed by atoms with Crippen molar-refractivity contribution in [3.63, 3.8) is 0 Å². The van der Waals surface area contributed by atoms with E-state index in [1.807, 2.05) is 24.3 Å². The molecule has 7 heteroatoms. The number of methoxy groups -OCH3 is 1. The van der Waals surface area contributed by atoms with Gasteiger partial charge in [0.25, 0.3) is 11.6 Å². The van der Waals surface area contributed by atoms with E-state index >= 15 is 0 Å². The lowest BCUT2D eigenvalue weighted by molar-refractivity contribution is -0.385. The van der Waals surface area contributed by atoms with Gasteiger partial charge in [-0.25, -0.2) is 0 Å². The minimum absolute atomic E-state index is 0.0996. The van der Waals surface area contributed by atoms with E-state index in [0.717, 1.165) is 10.8 Å². The van der Waals surface area contributed by atoms with Gasteiger partial charge >= 0.3 is 0 Å². The van der Waals surface area contributed by atoms with Gasteiger partial charge in [-0.2, -0.15) is 0 Å². The molecule has 1 N–H and O–H groups in total. The van der Waals surface area contributed by atoms with Crippen molar-refractivity contribution in [1.29, 1.82) is 0 Å². The highest BCUT2D eigenvalue weighted by atomic mass is 35.5. The lowest BCUT2D eigenvalue weighted by Gasteiger charge is -2.12. The van der Waals surface area contributed by atoms with E-state index in [1.54, 1.807) is 19.2 Å². The zero-order chi connectivity index (χ0) is 18.0. The van der Waals surface area contributed by atoms with E-state index in [-0.39, 0.29) is 16.3 Å². The first-order valence-corrected chi connectivity index (χ1v) is 7.70. The number of rotatable bonds is 4. The fourth-order valence-electron chi connectivity index (χ4n) is 2.60. The lowest BCUT2D eigenvalue weighted by Crippen LogP contribution is -2.14. The first-order valence-electron chi connectivity index (χ1n) is 7.32. The molecule has 3 aromatic rings. The largest absolute Gasteiger partial charge is 0.496 e. The summed E-state index contributed by atoms with van der Waals surface area (Å²) in [5.41, 5.74) is 0.118. The number of anilines is 1. The Hall–Kier alpha value is -3.12. The van der Waals surface area contributed by atoms with Crippen molar-refractivity contribution in [2.24, 2.45) is 0 Å². The minimum atomic E-state index is -0.614. The molecule has 0 unspecified atom stereocenters. The van der Waals surface area contributed by atoms with Crippen molar-refractivity contribution < 1.29 is 14.5 Å². The SMILES string of the molecule is COc1ccc(NC(=O)c2cc(Cl)ccc2[N+](=O)[O-])c2ccccc12. The van der Waals surface area contributed by atoms with Gasteiger partial charge < -0.3 is 10.1 Å². The maximum Gasteiger partial charge on any atom is 0.282 e. The normalized spacial score (nSPS) is 10.5. The summed E-state index contributed by atoms with van der Waals surface area (Å²) in [4.78, 5) is 23.1. The van der Waals surface area contributed by atoms with E-state index in [9.17, 15) is 14.9 Å². The highest BCUT2D eigenvalue weighted by Gasteiger charge is 2.21. The van der Waals surface area contributed by atoms with Crippen LogP contribution >= 0.6 is 11.6 Å². The Bertz CT molecular complexity index is 988. The molecule has 6 nitrogen and oxygen atoms in total. The number of carbonyl (C=O) groups excluding carboxylic acids is 1. The fraction of sp³-hybridized carbons (Fsp3) is 0.0556. The highest BCUT2D eigenvalue weighted by Crippen LogP contribution is 2.32. The van der Waals surface area contributed by atoms with Crippen molar-refractivity contribution in [3.05, 3.63) is 75.3 Å². The number of hydrogen-bond donors (Lipinski definition) is 1. The van der Waals surface area contributed by atoms with Crippen LogP contribution in [-0.4, -0.2) is 17.9 Å². The second-order valence-electron chi connectivity index (χ2n) is 5.23. The quantitative estimate of drug-likeness (QED) is 0.544. The number of amides is 1. The van der Waals surface area contributed by atoms with Crippen LogP contribution in [0.5, 0.6) is 5.75 Å². The topological polar surface area (TPSA) is 81.5 Å². The highest BCUT2D eigenvalue weighted by molar-refractivity contribution is 6.31. The van der Waals surface area contributed by atoms with Gasteiger partial charge in [0.15, 0.2) is 0 Å². The van der Waals surface area contributed by atoms with Crippen molar-refractivity contribution in [2.45, 2.75) is 0 Å². The smallest absolute Gasteiger partial charge is 0.282 e. The van der Waals surface area contributed by atoms with Crippen molar-refractivity contribution >= 4 is 39.7 Å². The lowest BCUT2D eigenvalue weighted by atomic mass is 10.1. The number of nitrogens with one attached hydrogen (secondary N) is 1. The van der Waals surface area contributed by atoms with E-state index in [0.29, 0.717) is 11.4 Å². The Kier molecular flexibility index (Phi) is 4.54. The van der Waals surface area contributed by atoms with Crippen LogP contribution in [0, 0.1) is 10.1 Å². The van der Waals surface area contributed by atoms with Crippen molar-refractivity contribution in [1.82, 2.24) is 0 Å². The molecular weight excluding hydrogens is 344 g/mol. The number of nitrogens with zero attached hydrogens (tertiary/aromatic N) is 1. The van der Waals surface area contributed by atoms with Crippen LogP contribution in [0.1, 0.15) is 10.4 Å². The summed E-state index contributed by atoms with van der Waals surface area (Å²) in [5.74, 6) is 0.0619. The first kappa shape index (κ1) is 16.7. The van der Waals surface area contributed by atoms with Gasteiger partial charge in [0, 0.05) is 27.5 Å². The second-order valence-corrected chi connectivity index (χ2v) is 5.67. The minimum Gasteiger partial charge on any atom is -0.496 e. The molecule has 0 saturated carbocycles. The average molecular weight is 357 g/mol. The van der Waals surface area contributed by atoms with E-state index < -0.39 is 10.8 Å². The molecular formula is C18H13ClN2O4. The van der Waals surface area contributed by atoms with Crippen LogP contribution in [-0.2, 0) is 0 Å². The van der Waals surface area contributed by atoms with Crippen LogP contribution in [0.2, 0.25) is 5.02 Å². The maximum absolute atomic E-state index is 12.6. The third kappa shape index (κ3) is 3.25. The van der Waals surface area contributed by atoms with E-state index in [1.165, 1.54) is 18.2 Å². The number of fused-ring (bicyclic) bond motifs is 1. The third-order valence-electron chi connectivity index (χ3n) is 3.75. The predicted molar refractivity (Wildman–Crippen MR) is 96.6 cm³/mol. The van der Waals surface area contributed by atoms with Crippen molar-refractivity contribution in [2.75, 3.05) is 12.4 Å². The molecule has 0 aliphatic heterocycles. The zero-order valence-corrected chi connectivity index (χ0v) is 13.9. The van der Waals surface area contributed by atoms with Crippen LogP contribution < -0.4 is 10.1 Å². The number of halogens is 1. The van der Waals surface area contributed by atoms with Gasteiger partial charge in [-0.3, -0.25) is 14.9 Å². The number of nitro benzene ring substituents is 1. The molecule has 1 amide bonds. The molecule has 0 aromatic heterocycles. The molecule has 0 bridgehead atoms. The molecule has 3 rings (SSSR count). The molecule has 0 fully saturated rings. The van der Waals surface area contributed by atoms with Gasteiger partial charge in [0.05, 0.1) is 12.0 Å². The molecule has 0 heterocycles. The summed E-state index contributed by atoms with van der Waals surface area (Å²) >= 11 is 5.88. The molecule has 126 valence electrons. The standard InChI is InChI=1S/C18H13ClN2O4/c1-25-17-9-7-15(12-4-2-3-5-13(12)17)20-18(22)14-10-11(19)6-8-16(14)21(23)24/h2-10H,1H3,(H,20,22). The van der Waals surface area contributed by atoms with E-state index in [2.05, 4.69) is 5.32 Å². The summed E-state index contributed by atoms with van der Waals surface area (Å²) in [6.07, 6.45) is 0. The molecule has 0 aliphatic rings. The van der Waals surface area contributed by atoms with Crippen molar-refractivity contribution in [3.8, 4) is 5.75 Å². The Morgan fingerprint density at radius 3 is 2.52 bits per heavy atom. The number of hydrogen-bond acceptors (Lipinski definition) is 4. The number of carbonyl (C=O) groups is 1.